The van der Waals surface area contributed by atoms with E-state index in [9.17, 15) is 29.3 Å². The standard InChI is InChI=1S/C20H19Cl2N3O8/c1-32-8-2-3-12(25(30)31)11(4-8)23-13(26)7-33-14(27)6-24-19(28)15-9-5-10(16(15)20(24)29)18(22)17(9)21/h2-4,9-10,15-18H,5-7H2,1H3,(H,23,26)/t9-,10-,15-,16-,17+,18+/m1/s1. The molecule has 0 radical (unpaired) electrons. The van der Waals surface area contributed by atoms with E-state index in [0.29, 0.717) is 6.42 Å². The molecule has 0 aromatic heterocycles. The quantitative estimate of drug-likeness (QED) is 0.195. The van der Waals surface area contributed by atoms with Gasteiger partial charge in [-0.1, -0.05) is 0 Å². The van der Waals surface area contributed by atoms with Crippen molar-refractivity contribution in [1.29, 1.82) is 0 Å². The lowest BCUT2D eigenvalue weighted by Gasteiger charge is -2.28. The maximum atomic E-state index is 12.8. The number of hydrogen-bond donors (Lipinski definition) is 1. The number of nitrogens with zero attached hydrogens (tertiary/aromatic N) is 2. The van der Waals surface area contributed by atoms with Crippen LogP contribution in [0.2, 0.25) is 0 Å². The van der Waals surface area contributed by atoms with Crippen molar-refractivity contribution in [3.8, 4) is 5.75 Å². The molecule has 1 aliphatic heterocycles. The van der Waals surface area contributed by atoms with Crippen molar-refractivity contribution in [1.82, 2.24) is 4.90 Å². The molecule has 3 fully saturated rings. The first-order valence-corrected chi connectivity index (χ1v) is 10.9. The van der Waals surface area contributed by atoms with Gasteiger partial charge in [0.25, 0.3) is 11.6 Å². The summed E-state index contributed by atoms with van der Waals surface area (Å²) in [7, 11) is 1.36. The van der Waals surface area contributed by atoms with Crippen molar-refractivity contribution in [2.24, 2.45) is 23.7 Å². The van der Waals surface area contributed by atoms with Gasteiger partial charge in [0.15, 0.2) is 6.61 Å². The zero-order valence-corrected chi connectivity index (χ0v) is 18.7. The fourth-order valence-corrected chi connectivity index (χ4v) is 5.87. The smallest absolute Gasteiger partial charge is 0.326 e. The maximum Gasteiger partial charge on any atom is 0.326 e. The topological polar surface area (TPSA) is 145 Å². The first-order valence-electron chi connectivity index (χ1n) is 10.0. The fraction of sp³-hybridized carbons (Fsp3) is 0.500. The Morgan fingerprint density at radius 2 is 1.79 bits per heavy atom. The Balaban J connectivity index is 1.34. The number of esters is 1. The van der Waals surface area contributed by atoms with E-state index in [1.807, 2.05) is 0 Å². The largest absolute Gasteiger partial charge is 0.497 e. The van der Waals surface area contributed by atoms with Crippen LogP contribution in [0, 0.1) is 33.8 Å². The molecule has 2 aliphatic carbocycles. The van der Waals surface area contributed by atoms with Gasteiger partial charge in [-0.05, 0) is 24.3 Å². The van der Waals surface area contributed by atoms with Gasteiger partial charge in [-0.15, -0.1) is 23.2 Å². The van der Waals surface area contributed by atoms with Crippen LogP contribution in [0.4, 0.5) is 11.4 Å². The third-order valence-corrected chi connectivity index (χ3v) is 7.72. The van der Waals surface area contributed by atoms with E-state index in [0.717, 1.165) is 11.0 Å². The molecule has 3 aliphatic rings. The molecule has 1 saturated heterocycles. The van der Waals surface area contributed by atoms with Gasteiger partial charge in [0.05, 0.1) is 34.6 Å². The summed E-state index contributed by atoms with van der Waals surface area (Å²) in [5.41, 5.74) is -0.514. The highest BCUT2D eigenvalue weighted by atomic mass is 35.5. The van der Waals surface area contributed by atoms with Crippen LogP contribution in [0.1, 0.15) is 6.42 Å². The lowest BCUT2D eigenvalue weighted by atomic mass is 9.80. The molecule has 0 unspecified atom stereocenters. The van der Waals surface area contributed by atoms with E-state index in [1.165, 1.54) is 19.2 Å². The van der Waals surface area contributed by atoms with Crippen molar-refractivity contribution >= 4 is 58.3 Å². The summed E-state index contributed by atoms with van der Waals surface area (Å²) in [6.07, 6.45) is 0.601. The molecular formula is C20H19Cl2N3O8. The van der Waals surface area contributed by atoms with E-state index in [2.05, 4.69) is 5.32 Å². The van der Waals surface area contributed by atoms with Gasteiger partial charge in [-0.3, -0.25) is 34.2 Å². The van der Waals surface area contributed by atoms with E-state index in [1.54, 1.807) is 0 Å². The lowest BCUT2D eigenvalue weighted by molar-refractivity contribution is -0.383. The normalized spacial score (nSPS) is 29.7. The summed E-state index contributed by atoms with van der Waals surface area (Å²) in [6.45, 7) is -1.41. The average Bonchev–Trinajstić information content (AvgIpc) is 3.38. The number of anilines is 1. The Morgan fingerprint density at radius 3 is 2.33 bits per heavy atom. The highest BCUT2D eigenvalue weighted by Crippen LogP contribution is 2.59. The Hall–Kier alpha value is -2.92. The predicted octanol–water partition coefficient (Wildman–Crippen LogP) is 1.55. The minimum atomic E-state index is -0.968. The second kappa shape index (κ2) is 8.79. The molecule has 13 heteroatoms. The maximum absolute atomic E-state index is 12.8. The highest BCUT2D eigenvalue weighted by Gasteiger charge is 2.66. The average molecular weight is 500 g/mol. The lowest BCUT2D eigenvalue weighted by Crippen LogP contribution is -2.38. The summed E-state index contributed by atoms with van der Waals surface area (Å²) >= 11 is 12.6. The number of nitro groups is 1. The Bertz CT molecular complexity index is 1020. The third kappa shape index (κ3) is 3.99. The Labute approximate surface area is 197 Å². The number of carbonyl (C=O) groups excluding carboxylic acids is 4. The molecule has 1 aromatic carbocycles. The number of nitro benzene ring substituents is 1. The summed E-state index contributed by atoms with van der Waals surface area (Å²) in [5, 5.41) is 12.6. The molecule has 6 atom stereocenters. The van der Waals surface area contributed by atoms with Gasteiger partial charge in [-0.25, -0.2) is 0 Å². The molecule has 33 heavy (non-hydrogen) atoms. The number of carbonyl (C=O) groups is 4. The number of fused-ring (bicyclic) bond motifs is 5. The molecule has 176 valence electrons. The number of amides is 3. The molecule has 1 N–H and O–H groups in total. The van der Waals surface area contributed by atoms with Crippen molar-refractivity contribution in [2.45, 2.75) is 17.2 Å². The van der Waals surface area contributed by atoms with Crippen LogP contribution in [0.25, 0.3) is 0 Å². The molecule has 1 aromatic rings. The minimum absolute atomic E-state index is 0.139. The summed E-state index contributed by atoms with van der Waals surface area (Å²) in [5.74, 6) is -4.13. The summed E-state index contributed by atoms with van der Waals surface area (Å²) in [4.78, 5) is 61.2. The number of ether oxygens (including phenoxy) is 2. The molecule has 4 rings (SSSR count). The third-order valence-electron chi connectivity index (χ3n) is 6.40. The first-order chi connectivity index (χ1) is 15.6. The second-order valence-electron chi connectivity index (χ2n) is 8.12. The first kappa shape index (κ1) is 23.2. The number of rotatable bonds is 7. The molecule has 1 heterocycles. The van der Waals surface area contributed by atoms with Crippen molar-refractivity contribution in [2.75, 3.05) is 25.6 Å². The number of hydrogen-bond acceptors (Lipinski definition) is 8. The van der Waals surface area contributed by atoms with Crippen molar-refractivity contribution < 1.29 is 33.6 Å². The number of halogens is 2. The van der Waals surface area contributed by atoms with Crippen LogP contribution < -0.4 is 10.1 Å². The SMILES string of the molecule is COc1ccc([N+](=O)[O-])c(NC(=O)COC(=O)CN2C(=O)[C@@H]3[C@H]4C[C@@H]([C@H](Cl)[C@H]4Cl)[C@H]3C2=O)c1. The molecule has 2 bridgehead atoms. The predicted molar refractivity (Wildman–Crippen MR) is 114 cm³/mol. The van der Waals surface area contributed by atoms with E-state index >= 15 is 0 Å². The monoisotopic (exact) mass is 499 g/mol. The van der Waals surface area contributed by atoms with Crippen LogP contribution >= 0.6 is 23.2 Å². The molecule has 11 nitrogen and oxygen atoms in total. The minimum Gasteiger partial charge on any atom is -0.497 e. The number of nitrogens with one attached hydrogen (secondary N) is 1. The van der Waals surface area contributed by atoms with Crippen LogP contribution in [-0.2, 0) is 23.9 Å². The van der Waals surface area contributed by atoms with Crippen LogP contribution in [0.3, 0.4) is 0 Å². The highest BCUT2D eigenvalue weighted by molar-refractivity contribution is 6.31. The number of benzene rings is 1. The van der Waals surface area contributed by atoms with Crippen LogP contribution in [0.15, 0.2) is 18.2 Å². The number of methoxy groups -OCH3 is 1. The number of alkyl halides is 2. The second-order valence-corrected chi connectivity index (χ2v) is 9.12. The Kier molecular flexibility index (Phi) is 6.19. The molecule has 2 saturated carbocycles. The van der Waals surface area contributed by atoms with Gasteiger partial charge in [-0.2, -0.15) is 0 Å². The zero-order chi connectivity index (χ0) is 24.0. The molecular weight excluding hydrogens is 481 g/mol. The van der Waals surface area contributed by atoms with Gasteiger partial charge in [0.1, 0.15) is 18.0 Å². The van der Waals surface area contributed by atoms with Gasteiger partial charge in [0.2, 0.25) is 11.8 Å². The van der Waals surface area contributed by atoms with E-state index in [4.69, 9.17) is 32.7 Å². The number of likely N-dealkylation sites (tertiary alicyclic amines) is 1. The fourth-order valence-electron chi connectivity index (χ4n) is 4.97. The van der Waals surface area contributed by atoms with Crippen molar-refractivity contribution in [3.05, 3.63) is 28.3 Å². The number of imide groups is 1. The molecule has 3 amide bonds. The van der Waals surface area contributed by atoms with Gasteiger partial charge >= 0.3 is 5.97 Å². The van der Waals surface area contributed by atoms with Gasteiger partial charge < -0.3 is 14.8 Å². The summed E-state index contributed by atoms with van der Waals surface area (Å²) in [6, 6.07) is 3.77. The van der Waals surface area contributed by atoms with E-state index < -0.39 is 64.4 Å². The zero-order valence-electron chi connectivity index (χ0n) is 17.2. The van der Waals surface area contributed by atoms with Crippen LogP contribution in [0.5, 0.6) is 5.75 Å². The van der Waals surface area contributed by atoms with Crippen LogP contribution in [-0.4, -0.2) is 64.5 Å². The Morgan fingerprint density at radius 1 is 1.18 bits per heavy atom. The molecule has 0 spiro atoms. The van der Waals surface area contributed by atoms with Crippen molar-refractivity contribution in [3.63, 3.8) is 0 Å². The van der Waals surface area contributed by atoms with Gasteiger partial charge in [0, 0.05) is 12.1 Å². The summed E-state index contributed by atoms with van der Waals surface area (Å²) < 4.78 is 9.86. The van der Waals surface area contributed by atoms with E-state index in [-0.39, 0.29) is 29.0 Å².